The number of carbonyl (C=O) groups is 2. The fourth-order valence-corrected chi connectivity index (χ4v) is 4.59. The predicted molar refractivity (Wildman–Crippen MR) is 78.5 cm³/mol. The van der Waals surface area contributed by atoms with Crippen LogP contribution in [-0.4, -0.2) is 92.3 Å². The van der Waals surface area contributed by atoms with Gasteiger partial charge in [-0.25, -0.2) is 8.42 Å². The second kappa shape index (κ2) is 6.31. The van der Waals surface area contributed by atoms with Gasteiger partial charge in [-0.1, -0.05) is 0 Å². The van der Waals surface area contributed by atoms with Crippen LogP contribution in [0, 0.1) is 0 Å². The molecule has 2 saturated heterocycles. The fraction of sp³-hybridized carbons (Fsp3) is 0.846. The molecule has 0 N–H and O–H groups in total. The summed E-state index contributed by atoms with van der Waals surface area (Å²) in [5.41, 5.74) is 0. The summed E-state index contributed by atoms with van der Waals surface area (Å²) in [7, 11) is -1.09. The normalized spacial score (nSPS) is 25.8. The lowest BCUT2D eigenvalue weighted by molar-refractivity contribution is -0.153. The summed E-state index contributed by atoms with van der Waals surface area (Å²) >= 11 is 0. The van der Waals surface area contributed by atoms with Crippen LogP contribution in [0.25, 0.3) is 0 Å². The minimum Gasteiger partial charge on any atom is -0.332 e. The molecule has 2 rings (SSSR count). The zero-order chi connectivity index (χ0) is 15.6. The van der Waals surface area contributed by atoms with Crippen molar-refractivity contribution < 1.29 is 18.0 Å². The molecule has 1 unspecified atom stereocenters. The molecule has 2 fully saturated rings. The molecular formula is C13H23N3O4S. The highest BCUT2D eigenvalue weighted by molar-refractivity contribution is 7.91. The fourth-order valence-electron chi connectivity index (χ4n) is 2.86. The molecule has 2 aliphatic rings. The van der Waals surface area contributed by atoms with E-state index in [1.165, 1.54) is 4.90 Å². The maximum atomic E-state index is 12.4. The maximum Gasteiger partial charge on any atom is 0.312 e. The van der Waals surface area contributed by atoms with Crippen molar-refractivity contribution in [3.05, 3.63) is 0 Å². The van der Waals surface area contributed by atoms with Gasteiger partial charge in [0.2, 0.25) is 0 Å². The van der Waals surface area contributed by atoms with Crippen LogP contribution in [0.1, 0.15) is 13.3 Å². The van der Waals surface area contributed by atoms with E-state index in [0.717, 1.165) is 13.1 Å². The number of piperazine rings is 1. The molecule has 2 amide bonds. The van der Waals surface area contributed by atoms with Crippen molar-refractivity contribution in [3.8, 4) is 0 Å². The Bertz CT molecular complexity index is 512. The molecule has 7 nitrogen and oxygen atoms in total. The van der Waals surface area contributed by atoms with Gasteiger partial charge in [-0.15, -0.1) is 0 Å². The topological polar surface area (TPSA) is 78.0 Å². The Morgan fingerprint density at radius 1 is 1.19 bits per heavy atom. The van der Waals surface area contributed by atoms with Gasteiger partial charge in [0.05, 0.1) is 11.5 Å². The van der Waals surface area contributed by atoms with Crippen LogP contribution in [-0.2, 0) is 19.4 Å². The summed E-state index contributed by atoms with van der Waals surface area (Å²) in [4.78, 5) is 29.8. The van der Waals surface area contributed by atoms with Gasteiger partial charge in [-0.05, 0) is 20.4 Å². The molecule has 0 aromatic rings. The first-order chi connectivity index (χ1) is 9.84. The van der Waals surface area contributed by atoms with Gasteiger partial charge in [-0.2, -0.15) is 0 Å². The first-order valence-corrected chi connectivity index (χ1v) is 9.15. The number of sulfone groups is 1. The van der Waals surface area contributed by atoms with Gasteiger partial charge in [0.15, 0.2) is 9.84 Å². The largest absolute Gasteiger partial charge is 0.332 e. The maximum absolute atomic E-state index is 12.4. The van der Waals surface area contributed by atoms with Crippen molar-refractivity contribution >= 4 is 21.7 Å². The van der Waals surface area contributed by atoms with Crippen molar-refractivity contribution in [1.29, 1.82) is 0 Å². The highest BCUT2D eigenvalue weighted by Gasteiger charge is 2.37. The van der Waals surface area contributed by atoms with Crippen LogP contribution in [0.2, 0.25) is 0 Å². The third-order valence-corrected chi connectivity index (χ3v) is 5.97. The van der Waals surface area contributed by atoms with Crippen molar-refractivity contribution in [1.82, 2.24) is 14.7 Å². The Morgan fingerprint density at radius 2 is 1.81 bits per heavy atom. The van der Waals surface area contributed by atoms with Crippen molar-refractivity contribution in [3.63, 3.8) is 0 Å². The van der Waals surface area contributed by atoms with E-state index in [1.54, 1.807) is 11.8 Å². The van der Waals surface area contributed by atoms with E-state index in [1.807, 2.05) is 7.05 Å². The number of hydrogen-bond acceptors (Lipinski definition) is 5. The lowest BCUT2D eigenvalue weighted by atomic mass is 10.2. The Hall–Kier alpha value is -1.15. The van der Waals surface area contributed by atoms with Crippen LogP contribution >= 0.6 is 0 Å². The first kappa shape index (κ1) is 16.2. The van der Waals surface area contributed by atoms with E-state index in [0.29, 0.717) is 26.1 Å². The first-order valence-electron chi connectivity index (χ1n) is 7.33. The Labute approximate surface area is 125 Å². The number of carbonyl (C=O) groups excluding carboxylic acids is 2. The van der Waals surface area contributed by atoms with Gasteiger partial charge in [0, 0.05) is 38.8 Å². The van der Waals surface area contributed by atoms with Gasteiger partial charge in [-0.3, -0.25) is 9.59 Å². The molecule has 0 bridgehead atoms. The van der Waals surface area contributed by atoms with E-state index in [4.69, 9.17) is 0 Å². The number of likely N-dealkylation sites (N-methyl/N-ethyl adjacent to an activating group) is 2. The average molecular weight is 317 g/mol. The van der Waals surface area contributed by atoms with E-state index in [2.05, 4.69) is 4.90 Å². The second-order valence-corrected chi connectivity index (χ2v) is 7.97. The summed E-state index contributed by atoms with van der Waals surface area (Å²) in [6.45, 7) is 4.73. The standard InChI is InChI=1S/C13H23N3O4S/c1-3-16(11-4-9-21(19,20)10-11)13(18)12(17)15-7-5-14(2)6-8-15/h11H,3-10H2,1-2H3. The molecule has 1 atom stereocenters. The van der Waals surface area contributed by atoms with Crippen molar-refractivity contribution in [2.24, 2.45) is 0 Å². The van der Waals surface area contributed by atoms with Gasteiger partial charge < -0.3 is 14.7 Å². The molecular weight excluding hydrogens is 294 g/mol. The lowest BCUT2D eigenvalue weighted by Crippen LogP contribution is -2.54. The number of rotatable bonds is 2. The SMILES string of the molecule is CCN(C(=O)C(=O)N1CCN(C)CC1)C1CCS(=O)(=O)C1. The average Bonchev–Trinajstić information content (AvgIpc) is 2.79. The highest BCUT2D eigenvalue weighted by atomic mass is 32.2. The monoisotopic (exact) mass is 317 g/mol. The van der Waals surface area contributed by atoms with Crippen LogP contribution in [0.4, 0.5) is 0 Å². The minimum absolute atomic E-state index is 0.0252. The molecule has 0 aromatic heterocycles. The van der Waals surface area contributed by atoms with Crippen LogP contribution < -0.4 is 0 Å². The van der Waals surface area contributed by atoms with Gasteiger partial charge in [0.25, 0.3) is 0 Å². The molecule has 8 heteroatoms. The van der Waals surface area contributed by atoms with Crippen molar-refractivity contribution in [2.45, 2.75) is 19.4 Å². The lowest BCUT2D eigenvalue weighted by Gasteiger charge is -2.34. The molecule has 0 aromatic carbocycles. The molecule has 2 heterocycles. The number of amides is 2. The Morgan fingerprint density at radius 3 is 2.29 bits per heavy atom. The zero-order valence-corrected chi connectivity index (χ0v) is 13.4. The zero-order valence-electron chi connectivity index (χ0n) is 12.6. The highest BCUT2D eigenvalue weighted by Crippen LogP contribution is 2.18. The number of nitrogens with zero attached hydrogens (tertiary/aromatic N) is 3. The molecule has 0 saturated carbocycles. The summed E-state index contributed by atoms with van der Waals surface area (Å²) in [5, 5.41) is 0. The molecule has 2 aliphatic heterocycles. The molecule has 0 aliphatic carbocycles. The quantitative estimate of drug-likeness (QED) is 0.598. The Kier molecular flexibility index (Phi) is 4.88. The molecule has 0 spiro atoms. The predicted octanol–water partition coefficient (Wildman–Crippen LogP) is -1.20. The van der Waals surface area contributed by atoms with E-state index < -0.39 is 21.7 Å². The summed E-state index contributed by atoms with van der Waals surface area (Å²) in [5.74, 6) is -0.995. The van der Waals surface area contributed by atoms with Crippen LogP contribution in [0.5, 0.6) is 0 Å². The molecule has 21 heavy (non-hydrogen) atoms. The third kappa shape index (κ3) is 3.74. The van der Waals surface area contributed by atoms with E-state index in [-0.39, 0.29) is 17.5 Å². The van der Waals surface area contributed by atoms with Crippen LogP contribution in [0.15, 0.2) is 0 Å². The Balaban J connectivity index is 2.01. The van der Waals surface area contributed by atoms with Gasteiger partial charge in [0.1, 0.15) is 0 Å². The van der Waals surface area contributed by atoms with Gasteiger partial charge >= 0.3 is 11.8 Å². The second-order valence-electron chi connectivity index (χ2n) is 5.74. The van der Waals surface area contributed by atoms with E-state index >= 15 is 0 Å². The summed E-state index contributed by atoms with van der Waals surface area (Å²) in [6, 6.07) is -0.357. The van der Waals surface area contributed by atoms with E-state index in [9.17, 15) is 18.0 Å². The number of hydrogen-bond donors (Lipinski definition) is 0. The van der Waals surface area contributed by atoms with Crippen molar-refractivity contribution in [2.75, 3.05) is 51.3 Å². The summed E-state index contributed by atoms with van der Waals surface area (Å²) < 4.78 is 23.1. The summed E-state index contributed by atoms with van der Waals surface area (Å²) in [6.07, 6.45) is 0.429. The minimum atomic E-state index is -3.07. The van der Waals surface area contributed by atoms with Crippen LogP contribution in [0.3, 0.4) is 0 Å². The molecule has 0 radical (unpaired) electrons. The smallest absolute Gasteiger partial charge is 0.312 e. The third-order valence-electron chi connectivity index (χ3n) is 4.22. The molecule has 120 valence electrons.